The number of hydrogen-bond donors (Lipinski definition) is 1. The molecule has 2 aromatic carbocycles. The average molecular weight is 400 g/mol. The highest BCUT2D eigenvalue weighted by atomic mass is 79.9. The van der Waals surface area contributed by atoms with Gasteiger partial charge in [-0.2, -0.15) is 0 Å². The number of amides is 1. The number of rotatable bonds is 5. The predicted molar refractivity (Wildman–Crippen MR) is 94.3 cm³/mol. The number of nitrogens with zero attached hydrogens (tertiary/aromatic N) is 1. The standard InChI is InChI=1S/C17H17BrClFN2O/c1-22(2)16(11-4-3-5-13(20)8-11)10-21-17(23)14-9-12(18)6-7-15(14)19/h3-9,16H,10H2,1-2H3,(H,21,23). The maximum Gasteiger partial charge on any atom is 0.252 e. The van der Waals surface area contributed by atoms with Gasteiger partial charge >= 0.3 is 0 Å². The van der Waals surface area contributed by atoms with Crippen LogP contribution in [0.15, 0.2) is 46.9 Å². The van der Waals surface area contributed by atoms with Gasteiger partial charge in [-0.15, -0.1) is 0 Å². The van der Waals surface area contributed by atoms with E-state index >= 15 is 0 Å². The summed E-state index contributed by atoms with van der Waals surface area (Å²) in [5.74, 6) is -0.560. The number of carbonyl (C=O) groups excluding carboxylic acids is 1. The smallest absolute Gasteiger partial charge is 0.252 e. The number of carbonyl (C=O) groups is 1. The molecule has 0 aliphatic carbocycles. The summed E-state index contributed by atoms with van der Waals surface area (Å²) < 4.78 is 14.2. The van der Waals surface area contributed by atoms with E-state index in [-0.39, 0.29) is 17.8 Å². The molecule has 3 nitrogen and oxygen atoms in total. The molecule has 1 unspecified atom stereocenters. The molecule has 2 aromatic rings. The summed E-state index contributed by atoms with van der Waals surface area (Å²) in [5.41, 5.74) is 1.20. The number of hydrogen-bond acceptors (Lipinski definition) is 2. The van der Waals surface area contributed by atoms with Crippen LogP contribution in [0.2, 0.25) is 5.02 Å². The molecule has 0 saturated carbocycles. The van der Waals surface area contributed by atoms with Crippen LogP contribution in [-0.4, -0.2) is 31.4 Å². The first-order valence-corrected chi connectivity index (χ1v) is 8.20. The van der Waals surface area contributed by atoms with E-state index in [0.29, 0.717) is 17.1 Å². The maximum absolute atomic E-state index is 13.4. The highest BCUT2D eigenvalue weighted by molar-refractivity contribution is 9.10. The van der Waals surface area contributed by atoms with Crippen LogP contribution in [0.3, 0.4) is 0 Å². The molecule has 0 fully saturated rings. The molecule has 1 amide bonds. The Balaban J connectivity index is 2.13. The monoisotopic (exact) mass is 398 g/mol. The Morgan fingerprint density at radius 1 is 1.30 bits per heavy atom. The minimum Gasteiger partial charge on any atom is -0.350 e. The zero-order valence-electron chi connectivity index (χ0n) is 12.8. The topological polar surface area (TPSA) is 32.3 Å². The van der Waals surface area contributed by atoms with Gasteiger partial charge in [0.15, 0.2) is 0 Å². The van der Waals surface area contributed by atoms with Crippen molar-refractivity contribution in [1.29, 1.82) is 0 Å². The lowest BCUT2D eigenvalue weighted by Crippen LogP contribution is -2.34. The molecule has 23 heavy (non-hydrogen) atoms. The molecule has 0 bridgehead atoms. The van der Waals surface area contributed by atoms with Crippen LogP contribution < -0.4 is 5.32 Å². The van der Waals surface area contributed by atoms with Crippen molar-refractivity contribution in [3.05, 3.63) is 68.9 Å². The van der Waals surface area contributed by atoms with E-state index in [4.69, 9.17) is 11.6 Å². The minimum absolute atomic E-state index is 0.138. The summed E-state index contributed by atoms with van der Waals surface area (Å²) in [7, 11) is 3.77. The van der Waals surface area contributed by atoms with Crippen molar-refractivity contribution >= 4 is 33.4 Å². The summed E-state index contributed by atoms with van der Waals surface area (Å²) >= 11 is 9.39. The Hall–Kier alpha value is -1.43. The molecule has 0 radical (unpaired) electrons. The van der Waals surface area contributed by atoms with E-state index in [1.807, 2.05) is 25.1 Å². The number of halogens is 3. The summed E-state index contributed by atoms with van der Waals surface area (Å²) in [6.07, 6.45) is 0. The van der Waals surface area contributed by atoms with Gasteiger partial charge in [-0.3, -0.25) is 4.79 Å². The van der Waals surface area contributed by atoms with Crippen molar-refractivity contribution in [3.63, 3.8) is 0 Å². The lowest BCUT2D eigenvalue weighted by molar-refractivity contribution is 0.0942. The third-order valence-corrected chi connectivity index (χ3v) is 4.31. The van der Waals surface area contributed by atoms with Crippen LogP contribution in [0, 0.1) is 5.82 Å². The Bertz CT molecular complexity index is 709. The fourth-order valence-electron chi connectivity index (χ4n) is 2.27. The van der Waals surface area contributed by atoms with Crippen molar-refractivity contribution in [2.45, 2.75) is 6.04 Å². The molecule has 1 N–H and O–H groups in total. The third-order valence-electron chi connectivity index (χ3n) is 3.49. The number of nitrogens with one attached hydrogen (secondary N) is 1. The first kappa shape index (κ1) is 17.9. The quantitative estimate of drug-likeness (QED) is 0.814. The molecule has 0 heterocycles. The highest BCUT2D eigenvalue weighted by Gasteiger charge is 2.17. The van der Waals surface area contributed by atoms with Gasteiger partial charge in [0.05, 0.1) is 16.6 Å². The van der Waals surface area contributed by atoms with E-state index < -0.39 is 0 Å². The molecular formula is C17H17BrClFN2O. The van der Waals surface area contributed by atoms with E-state index in [0.717, 1.165) is 10.0 Å². The van der Waals surface area contributed by atoms with Crippen molar-refractivity contribution in [1.82, 2.24) is 10.2 Å². The molecule has 2 rings (SSSR count). The lowest BCUT2D eigenvalue weighted by Gasteiger charge is -2.25. The average Bonchev–Trinajstić information content (AvgIpc) is 2.49. The minimum atomic E-state index is -0.296. The molecule has 0 aromatic heterocycles. The fourth-order valence-corrected chi connectivity index (χ4v) is 2.83. The van der Waals surface area contributed by atoms with Crippen molar-refractivity contribution in [2.75, 3.05) is 20.6 Å². The van der Waals surface area contributed by atoms with Gasteiger partial charge < -0.3 is 10.2 Å². The summed E-state index contributed by atoms with van der Waals surface area (Å²) in [4.78, 5) is 14.3. The zero-order chi connectivity index (χ0) is 17.0. The van der Waals surface area contributed by atoms with Crippen molar-refractivity contribution in [3.8, 4) is 0 Å². The Kier molecular flexibility index (Phi) is 6.16. The molecule has 122 valence electrons. The van der Waals surface area contributed by atoms with Crippen LogP contribution >= 0.6 is 27.5 Å². The largest absolute Gasteiger partial charge is 0.350 e. The van der Waals surface area contributed by atoms with Crippen LogP contribution in [0.5, 0.6) is 0 Å². The van der Waals surface area contributed by atoms with Gasteiger partial charge in [0, 0.05) is 11.0 Å². The number of likely N-dealkylation sites (N-methyl/N-ethyl adjacent to an activating group) is 1. The van der Waals surface area contributed by atoms with Crippen LogP contribution in [-0.2, 0) is 0 Å². The molecule has 0 aliphatic heterocycles. The van der Waals surface area contributed by atoms with Gasteiger partial charge in [-0.1, -0.05) is 39.7 Å². The summed E-state index contributed by atoms with van der Waals surface area (Å²) in [6.45, 7) is 0.345. The molecule has 0 spiro atoms. The molecule has 0 aliphatic rings. The molecule has 0 saturated heterocycles. The predicted octanol–water partition coefficient (Wildman–Crippen LogP) is 4.27. The SMILES string of the molecule is CN(C)C(CNC(=O)c1cc(Br)ccc1Cl)c1cccc(F)c1. The molecule has 1 atom stereocenters. The molecule has 6 heteroatoms. The number of benzene rings is 2. The highest BCUT2D eigenvalue weighted by Crippen LogP contribution is 2.22. The van der Waals surface area contributed by atoms with Crippen LogP contribution in [0.1, 0.15) is 22.0 Å². The van der Waals surface area contributed by atoms with Crippen LogP contribution in [0.4, 0.5) is 4.39 Å². The van der Waals surface area contributed by atoms with Crippen molar-refractivity contribution in [2.24, 2.45) is 0 Å². The normalized spacial score (nSPS) is 12.3. The van der Waals surface area contributed by atoms with E-state index in [1.54, 1.807) is 24.3 Å². The Morgan fingerprint density at radius 3 is 2.70 bits per heavy atom. The fraction of sp³-hybridized carbons (Fsp3) is 0.235. The van der Waals surface area contributed by atoms with E-state index in [2.05, 4.69) is 21.2 Å². The van der Waals surface area contributed by atoms with Gasteiger partial charge in [0.1, 0.15) is 5.82 Å². The van der Waals surface area contributed by atoms with Crippen molar-refractivity contribution < 1.29 is 9.18 Å². The van der Waals surface area contributed by atoms with E-state index in [9.17, 15) is 9.18 Å². The van der Waals surface area contributed by atoms with Gasteiger partial charge in [0.25, 0.3) is 5.91 Å². The van der Waals surface area contributed by atoms with Gasteiger partial charge in [-0.25, -0.2) is 4.39 Å². The summed E-state index contributed by atoms with van der Waals surface area (Å²) in [6, 6.07) is 11.3. The summed E-state index contributed by atoms with van der Waals surface area (Å²) in [5, 5.41) is 3.24. The maximum atomic E-state index is 13.4. The first-order chi connectivity index (χ1) is 10.9. The molecular weight excluding hydrogens is 383 g/mol. The first-order valence-electron chi connectivity index (χ1n) is 7.03. The zero-order valence-corrected chi connectivity index (χ0v) is 15.2. The second-order valence-electron chi connectivity index (χ2n) is 5.37. The lowest BCUT2D eigenvalue weighted by atomic mass is 10.1. The Morgan fingerprint density at radius 2 is 2.04 bits per heavy atom. The second kappa shape index (κ2) is 7.90. The van der Waals surface area contributed by atoms with Crippen LogP contribution in [0.25, 0.3) is 0 Å². The van der Waals surface area contributed by atoms with Gasteiger partial charge in [-0.05, 0) is 50.0 Å². The second-order valence-corrected chi connectivity index (χ2v) is 6.69. The Labute approximate surface area is 148 Å². The van der Waals surface area contributed by atoms with Gasteiger partial charge in [0.2, 0.25) is 0 Å². The third kappa shape index (κ3) is 4.77. The van der Waals surface area contributed by atoms with E-state index in [1.165, 1.54) is 12.1 Å².